The van der Waals surface area contributed by atoms with E-state index in [1.54, 1.807) is 26.2 Å². The quantitative estimate of drug-likeness (QED) is 0.662. The van der Waals surface area contributed by atoms with Gasteiger partial charge in [0.05, 0.1) is 5.69 Å². The van der Waals surface area contributed by atoms with E-state index < -0.39 is 0 Å². The zero-order valence-corrected chi connectivity index (χ0v) is 16.9. The number of aryl methyl sites for hydroxylation is 3. The third-order valence-corrected chi connectivity index (χ3v) is 5.19. The molecule has 2 aromatic heterocycles. The number of ether oxygens (including phenoxy) is 1. The Bertz CT molecular complexity index is 1010. The maximum absolute atomic E-state index is 12.8. The van der Waals surface area contributed by atoms with Crippen molar-refractivity contribution in [2.75, 3.05) is 13.1 Å². The zero-order valence-electron chi connectivity index (χ0n) is 16.9. The van der Waals surface area contributed by atoms with Crippen LogP contribution in [0.15, 0.2) is 41.1 Å². The van der Waals surface area contributed by atoms with Crippen molar-refractivity contribution in [3.05, 3.63) is 65.3 Å². The number of likely N-dealkylation sites (tertiary alicyclic amines) is 1. The van der Waals surface area contributed by atoms with Gasteiger partial charge in [-0.3, -0.25) is 9.78 Å². The average Bonchev–Trinajstić information content (AvgIpc) is 3.08. The topological polar surface area (TPSA) is 81.4 Å². The Hall–Kier alpha value is -3.22. The lowest BCUT2D eigenvalue weighted by Gasteiger charge is -2.31. The van der Waals surface area contributed by atoms with Crippen molar-refractivity contribution >= 4 is 5.91 Å². The molecule has 7 heteroatoms. The van der Waals surface area contributed by atoms with E-state index in [2.05, 4.69) is 15.0 Å². The molecule has 7 nitrogen and oxygen atoms in total. The number of nitrogens with zero attached hydrogens (tertiary/aromatic N) is 4. The number of piperidine rings is 1. The minimum absolute atomic E-state index is 0.100. The molecule has 3 aromatic rings. The molecule has 29 heavy (non-hydrogen) atoms. The Morgan fingerprint density at radius 1 is 1.07 bits per heavy atom. The van der Waals surface area contributed by atoms with Crippen molar-refractivity contribution in [2.45, 2.75) is 39.5 Å². The Kier molecular flexibility index (Phi) is 5.29. The fourth-order valence-electron chi connectivity index (χ4n) is 3.64. The second-order valence-corrected chi connectivity index (χ2v) is 7.38. The SMILES string of the molecule is Cc1ccc(Oc2nccnc2C2CCN(C(=O)c3oc(C)nc3C)CC2)cc1. The van der Waals surface area contributed by atoms with Crippen molar-refractivity contribution < 1.29 is 13.9 Å². The van der Waals surface area contributed by atoms with E-state index in [0.717, 1.165) is 24.3 Å². The van der Waals surface area contributed by atoms with Crippen LogP contribution in [0, 0.1) is 20.8 Å². The maximum Gasteiger partial charge on any atom is 0.291 e. The van der Waals surface area contributed by atoms with Crippen molar-refractivity contribution in [1.29, 1.82) is 0 Å². The number of benzene rings is 1. The number of amides is 1. The first-order valence-corrected chi connectivity index (χ1v) is 9.80. The predicted molar refractivity (Wildman–Crippen MR) is 107 cm³/mol. The lowest BCUT2D eigenvalue weighted by molar-refractivity contribution is 0.0677. The van der Waals surface area contributed by atoms with Gasteiger partial charge >= 0.3 is 0 Å². The molecule has 4 rings (SSSR count). The summed E-state index contributed by atoms with van der Waals surface area (Å²) in [6, 6.07) is 7.86. The zero-order chi connectivity index (χ0) is 20.4. The molecule has 150 valence electrons. The minimum atomic E-state index is -0.100. The van der Waals surface area contributed by atoms with Crippen molar-refractivity contribution in [1.82, 2.24) is 19.9 Å². The smallest absolute Gasteiger partial charge is 0.291 e. The van der Waals surface area contributed by atoms with Gasteiger partial charge in [-0.15, -0.1) is 0 Å². The average molecular weight is 392 g/mol. The Balaban J connectivity index is 1.45. The summed E-state index contributed by atoms with van der Waals surface area (Å²) in [6.07, 6.45) is 4.91. The summed E-state index contributed by atoms with van der Waals surface area (Å²) >= 11 is 0. The lowest BCUT2D eigenvalue weighted by atomic mass is 9.93. The number of oxazole rings is 1. The fourth-order valence-corrected chi connectivity index (χ4v) is 3.64. The fraction of sp³-hybridized carbons (Fsp3) is 0.364. The normalized spacial score (nSPS) is 14.8. The van der Waals surface area contributed by atoms with Gasteiger partial charge in [0.15, 0.2) is 5.89 Å². The van der Waals surface area contributed by atoms with E-state index in [-0.39, 0.29) is 11.8 Å². The molecule has 0 aliphatic carbocycles. The van der Waals surface area contributed by atoms with Gasteiger partial charge in [-0.25, -0.2) is 9.97 Å². The summed E-state index contributed by atoms with van der Waals surface area (Å²) in [5.74, 6) is 2.20. The standard InChI is InChI=1S/C22H24N4O3/c1-14-4-6-18(7-5-14)29-21-19(23-10-11-24-21)17-8-12-26(13-9-17)22(27)20-15(2)25-16(3)28-20/h4-7,10-11,17H,8-9,12-13H2,1-3H3. The third kappa shape index (κ3) is 4.13. The highest BCUT2D eigenvalue weighted by Crippen LogP contribution is 2.34. The second-order valence-electron chi connectivity index (χ2n) is 7.38. The highest BCUT2D eigenvalue weighted by atomic mass is 16.5. The van der Waals surface area contributed by atoms with E-state index in [9.17, 15) is 4.79 Å². The van der Waals surface area contributed by atoms with E-state index in [0.29, 0.717) is 36.3 Å². The molecular weight excluding hydrogens is 368 g/mol. The molecule has 1 amide bonds. The number of carbonyl (C=O) groups is 1. The van der Waals surface area contributed by atoms with Crippen LogP contribution in [-0.4, -0.2) is 38.8 Å². The summed E-state index contributed by atoms with van der Waals surface area (Å²) in [7, 11) is 0. The molecule has 1 aliphatic heterocycles. The molecule has 0 atom stereocenters. The van der Waals surface area contributed by atoms with Gasteiger partial charge in [-0.05, 0) is 38.8 Å². The van der Waals surface area contributed by atoms with Gasteiger partial charge in [-0.1, -0.05) is 17.7 Å². The van der Waals surface area contributed by atoms with Crippen LogP contribution in [0.3, 0.4) is 0 Å². The molecule has 0 bridgehead atoms. The van der Waals surface area contributed by atoms with Crippen molar-refractivity contribution in [2.24, 2.45) is 0 Å². The largest absolute Gasteiger partial charge is 0.437 e. The van der Waals surface area contributed by atoms with Crippen LogP contribution in [0.2, 0.25) is 0 Å². The van der Waals surface area contributed by atoms with Gasteiger partial charge in [0.25, 0.3) is 5.91 Å². The number of hydrogen-bond donors (Lipinski definition) is 0. The molecule has 0 N–H and O–H groups in total. The molecule has 3 heterocycles. The molecule has 1 fully saturated rings. The van der Waals surface area contributed by atoms with Gasteiger partial charge < -0.3 is 14.1 Å². The van der Waals surface area contributed by atoms with Gasteiger partial charge in [0, 0.05) is 38.3 Å². The predicted octanol–water partition coefficient (Wildman–Crippen LogP) is 4.20. The van der Waals surface area contributed by atoms with Crippen LogP contribution >= 0.6 is 0 Å². The number of rotatable bonds is 4. The first-order valence-electron chi connectivity index (χ1n) is 9.80. The van der Waals surface area contributed by atoms with Crippen LogP contribution in [-0.2, 0) is 0 Å². The first-order chi connectivity index (χ1) is 14.0. The van der Waals surface area contributed by atoms with Gasteiger partial charge in [0.2, 0.25) is 11.6 Å². The van der Waals surface area contributed by atoms with E-state index in [1.807, 2.05) is 36.1 Å². The first kappa shape index (κ1) is 19.1. The summed E-state index contributed by atoms with van der Waals surface area (Å²) in [6.45, 7) is 6.84. The number of carbonyl (C=O) groups excluding carboxylic acids is 1. The van der Waals surface area contributed by atoms with Gasteiger partial charge in [0.1, 0.15) is 11.4 Å². The molecule has 0 saturated carbocycles. The van der Waals surface area contributed by atoms with Crippen LogP contribution in [0.4, 0.5) is 0 Å². The lowest BCUT2D eigenvalue weighted by Crippen LogP contribution is -2.38. The number of hydrogen-bond acceptors (Lipinski definition) is 6. The van der Waals surface area contributed by atoms with Crippen LogP contribution in [0.5, 0.6) is 11.6 Å². The van der Waals surface area contributed by atoms with Crippen LogP contribution < -0.4 is 4.74 Å². The molecular formula is C22H24N4O3. The second kappa shape index (κ2) is 8.03. The highest BCUT2D eigenvalue weighted by molar-refractivity contribution is 5.92. The number of aromatic nitrogens is 3. The molecule has 0 unspecified atom stereocenters. The Labute approximate surface area is 169 Å². The van der Waals surface area contributed by atoms with Crippen molar-refractivity contribution in [3.8, 4) is 11.6 Å². The maximum atomic E-state index is 12.8. The van der Waals surface area contributed by atoms with Crippen molar-refractivity contribution in [3.63, 3.8) is 0 Å². The van der Waals surface area contributed by atoms with E-state index >= 15 is 0 Å². The highest BCUT2D eigenvalue weighted by Gasteiger charge is 2.30. The van der Waals surface area contributed by atoms with Gasteiger partial charge in [-0.2, -0.15) is 0 Å². The minimum Gasteiger partial charge on any atom is -0.437 e. The molecule has 1 aliphatic rings. The molecule has 1 aromatic carbocycles. The Morgan fingerprint density at radius 2 is 1.76 bits per heavy atom. The molecule has 0 radical (unpaired) electrons. The molecule has 1 saturated heterocycles. The van der Waals surface area contributed by atoms with E-state index in [4.69, 9.17) is 9.15 Å². The summed E-state index contributed by atoms with van der Waals surface area (Å²) in [4.78, 5) is 27.7. The summed E-state index contributed by atoms with van der Waals surface area (Å²) in [5.41, 5.74) is 2.65. The van der Waals surface area contributed by atoms with Crippen LogP contribution in [0.1, 0.15) is 52.2 Å². The summed E-state index contributed by atoms with van der Waals surface area (Å²) in [5, 5.41) is 0. The Morgan fingerprint density at radius 3 is 2.41 bits per heavy atom. The molecule has 0 spiro atoms. The monoisotopic (exact) mass is 392 g/mol. The summed E-state index contributed by atoms with van der Waals surface area (Å²) < 4.78 is 11.5. The van der Waals surface area contributed by atoms with E-state index in [1.165, 1.54) is 5.56 Å². The third-order valence-electron chi connectivity index (χ3n) is 5.19. The van der Waals surface area contributed by atoms with Crippen LogP contribution in [0.25, 0.3) is 0 Å².